The number of rotatable bonds is 4. The molecule has 0 atom stereocenters. The second-order valence-corrected chi connectivity index (χ2v) is 6.12. The van der Waals surface area contributed by atoms with Gasteiger partial charge < -0.3 is 20.4 Å². The van der Waals surface area contributed by atoms with Gasteiger partial charge in [-0.15, -0.1) is 0 Å². The topological polar surface area (TPSA) is 90.5 Å². The molecule has 0 saturated carbocycles. The van der Waals surface area contributed by atoms with Gasteiger partial charge in [-0.05, 0) is 30.3 Å². The fourth-order valence-electron chi connectivity index (χ4n) is 2.78. The van der Waals surface area contributed by atoms with Gasteiger partial charge in [-0.3, -0.25) is 9.59 Å². The molecule has 2 amide bonds. The standard InChI is InChI=1S/C18H22N6O2/c1-13(25)20-15-3-5-16(6-4-15)21-17-7-8-19-18(22-17)24-11-9-23(10-12-24)14(2)26/h3-8H,9-12H2,1-2H3,(H,20,25)(H,19,21,22). The highest BCUT2D eigenvalue weighted by Crippen LogP contribution is 2.19. The Balaban J connectivity index is 1.64. The van der Waals surface area contributed by atoms with E-state index < -0.39 is 0 Å². The second kappa shape index (κ2) is 7.81. The number of nitrogens with one attached hydrogen (secondary N) is 2. The van der Waals surface area contributed by atoms with Crippen LogP contribution in [-0.2, 0) is 9.59 Å². The first-order valence-corrected chi connectivity index (χ1v) is 8.49. The van der Waals surface area contributed by atoms with Crippen LogP contribution in [0.15, 0.2) is 36.5 Å². The summed E-state index contributed by atoms with van der Waals surface area (Å²) < 4.78 is 0. The maximum Gasteiger partial charge on any atom is 0.227 e. The Morgan fingerprint density at radius 3 is 2.23 bits per heavy atom. The molecule has 0 spiro atoms. The summed E-state index contributed by atoms with van der Waals surface area (Å²) in [4.78, 5) is 35.3. The number of anilines is 4. The fourth-order valence-corrected chi connectivity index (χ4v) is 2.78. The minimum atomic E-state index is -0.101. The minimum absolute atomic E-state index is 0.101. The zero-order valence-electron chi connectivity index (χ0n) is 14.9. The van der Waals surface area contributed by atoms with Crippen LogP contribution in [-0.4, -0.2) is 52.9 Å². The maximum atomic E-state index is 11.4. The van der Waals surface area contributed by atoms with Crippen molar-refractivity contribution in [2.45, 2.75) is 13.8 Å². The lowest BCUT2D eigenvalue weighted by atomic mass is 10.2. The lowest BCUT2D eigenvalue weighted by Gasteiger charge is -2.34. The molecule has 1 aromatic carbocycles. The summed E-state index contributed by atoms with van der Waals surface area (Å²) in [5, 5.41) is 5.97. The maximum absolute atomic E-state index is 11.4. The van der Waals surface area contributed by atoms with Crippen molar-refractivity contribution in [2.75, 3.05) is 41.7 Å². The van der Waals surface area contributed by atoms with Crippen LogP contribution in [0, 0.1) is 0 Å². The normalized spacial score (nSPS) is 14.1. The molecule has 1 aromatic heterocycles. The van der Waals surface area contributed by atoms with Crippen LogP contribution in [0.2, 0.25) is 0 Å². The third-order valence-corrected chi connectivity index (χ3v) is 4.13. The molecule has 1 aliphatic heterocycles. The summed E-state index contributed by atoms with van der Waals surface area (Å²) >= 11 is 0. The monoisotopic (exact) mass is 354 g/mol. The average molecular weight is 354 g/mol. The molecule has 8 nitrogen and oxygen atoms in total. The minimum Gasteiger partial charge on any atom is -0.340 e. The first-order valence-electron chi connectivity index (χ1n) is 8.49. The predicted molar refractivity (Wildman–Crippen MR) is 101 cm³/mol. The van der Waals surface area contributed by atoms with E-state index in [-0.39, 0.29) is 11.8 Å². The van der Waals surface area contributed by atoms with Crippen molar-refractivity contribution in [2.24, 2.45) is 0 Å². The zero-order chi connectivity index (χ0) is 18.5. The van der Waals surface area contributed by atoms with Gasteiger partial charge in [0.1, 0.15) is 5.82 Å². The molecule has 0 radical (unpaired) electrons. The number of amides is 2. The molecular weight excluding hydrogens is 332 g/mol. The van der Waals surface area contributed by atoms with Crippen LogP contribution in [0.5, 0.6) is 0 Å². The Kier molecular flexibility index (Phi) is 5.31. The first-order chi connectivity index (χ1) is 12.5. The van der Waals surface area contributed by atoms with Crippen molar-refractivity contribution < 1.29 is 9.59 Å². The SMILES string of the molecule is CC(=O)Nc1ccc(Nc2ccnc(N3CCN(C(C)=O)CC3)n2)cc1. The van der Waals surface area contributed by atoms with Crippen LogP contribution in [0.25, 0.3) is 0 Å². The summed E-state index contributed by atoms with van der Waals surface area (Å²) in [6.45, 7) is 5.86. The number of carbonyl (C=O) groups excluding carboxylic acids is 2. The highest BCUT2D eigenvalue weighted by atomic mass is 16.2. The van der Waals surface area contributed by atoms with Gasteiger partial charge in [0.15, 0.2) is 0 Å². The molecule has 0 aliphatic carbocycles. The average Bonchev–Trinajstić information content (AvgIpc) is 2.63. The molecule has 2 N–H and O–H groups in total. The second-order valence-electron chi connectivity index (χ2n) is 6.12. The Bertz CT molecular complexity index is 785. The van der Waals surface area contributed by atoms with Crippen LogP contribution in [0.1, 0.15) is 13.8 Å². The smallest absolute Gasteiger partial charge is 0.227 e. The number of carbonyl (C=O) groups is 2. The summed E-state index contributed by atoms with van der Waals surface area (Å²) in [6.07, 6.45) is 1.72. The van der Waals surface area contributed by atoms with E-state index in [1.54, 1.807) is 19.2 Å². The molecule has 0 unspecified atom stereocenters. The summed E-state index contributed by atoms with van der Waals surface area (Å²) in [5.74, 6) is 1.34. The summed E-state index contributed by atoms with van der Waals surface area (Å²) in [6, 6.07) is 9.20. The van der Waals surface area contributed by atoms with Crippen molar-refractivity contribution in [1.29, 1.82) is 0 Å². The Hall–Kier alpha value is -3.16. The molecule has 1 fully saturated rings. The van der Waals surface area contributed by atoms with Gasteiger partial charge in [0.25, 0.3) is 0 Å². The highest BCUT2D eigenvalue weighted by Gasteiger charge is 2.20. The highest BCUT2D eigenvalue weighted by molar-refractivity contribution is 5.88. The van der Waals surface area contributed by atoms with E-state index in [0.29, 0.717) is 37.9 Å². The van der Waals surface area contributed by atoms with Crippen molar-refractivity contribution in [3.05, 3.63) is 36.5 Å². The van der Waals surface area contributed by atoms with Crippen LogP contribution >= 0.6 is 0 Å². The number of aromatic nitrogens is 2. The van der Waals surface area contributed by atoms with Gasteiger partial charge in [0, 0.05) is 57.6 Å². The lowest BCUT2D eigenvalue weighted by molar-refractivity contribution is -0.129. The number of hydrogen-bond acceptors (Lipinski definition) is 6. The Morgan fingerprint density at radius 1 is 0.962 bits per heavy atom. The van der Waals surface area contributed by atoms with Crippen molar-refractivity contribution in [1.82, 2.24) is 14.9 Å². The number of piperazine rings is 1. The zero-order valence-corrected chi connectivity index (χ0v) is 14.9. The molecule has 3 rings (SSSR count). The molecule has 2 aromatic rings. The molecule has 0 bridgehead atoms. The third kappa shape index (κ3) is 4.47. The summed E-state index contributed by atoms with van der Waals surface area (Å²) in [5.41, 5.74) is 1.61. The molecule has 26 heavy (non-hydrogen) atoms. The molecular formula is C18H22N6O2. The van der Waals surface area contributed by atoms with E-state index in [2.05, 4.69) is 25.5 Å². The molecule has 1 saturated heterocycles. The van der Waals surface area contributed by atoms with Crippen LogP contribution in [0.3, 0.4) is 0 Å². The third-order valence-electron chi connectivity index (χ3n) is 4.13. The van der Waals surface area contributed by atoms with Crippen molar-refractivity contribution in [3.63, 3.8) is 0 Å². The van der Waals surface area contributed by atoms with Gasteiger partial charge >= 0.3 is 0 Å². The Morgan fingerprint density at radius 2 is 1.62 bits per heavy atom. The van der Waals surface area contributed by atoms with E-state index in [4.69, 9.17) is 0 Å². The van der Waals surface area contributed by atoms with Gasteiger partial charge in [-0.25, -0.2) is 4.98 Å². The molecule has 1 aliphatic rings. The van der Waals surface area contributed by atoms with Gasteiger partial charge in [0.05, 0.1) is 0 Å². The van der Waals surface area contributed by atoms with E-state index in [1.807, 2.05) is 29.2 Å². The first kappa shape index (κ1) is 17.7. The van der Waals surface area contributed by atoms with Gasteiger partial charge in [-0.1, -0.05) is 0 Å². The predicted octanol–water partition coefficient (Wildman–Crippen LogP) is 1.85. The number of hydrogen-bond donors (Lipinski definition) is 2. The van der Waals surface area contributed by atoms with Crippen LogP contribution in [0.4, 0.5) is 23.1 Å². The lowest BCUT2D eigenvalue weighted by Crippen LogP contribution is -2.48. The molecule has 136 valence electrons. The number of benzene rings is 1. The van der Waals surface area contributed by atoms with Gasteiger partial charge in [-0.2, -0.15) is 4.98 Å². The quantitative estimate of drug-likeness (QED) is 0.871. The largest absolute Gasteiger partial charge is 0.340 e. The van der Waals surface area contributed by atoms with E-state index in [0.717, 1.165) is 11.4 Å². The molecule has 8 heteroatoms. The van der Waals surface area contributed by atoms with Gasteiger partial charge in [0.2, 0.25) is 17.8 Å². The molecule has 2 heterocycles. The summed E-state index contributed by atoms with van der Waals surface area (Å²) in [7, 11) is 0. The van der Waals surface area contributed by atoms with E-state index >= 15 is 0 Å². The van der Waals surface area contributed by atoms with E-state index in [1.165, 1.54) is 6.92 Å². The number of nitrogens with zero attached hydrogens (tertiary/aromatic N) is 4. The van der Waals surface area contributed by atoms with Crippen molar-refractivity contribution >= 4 is 35.0 Å². The fraction of sp³-hybridized carbons (Fsp3) is 0.333. The Labute approximate surface area is 152 Å². The van der Waals surface area contributed by atoms with Crippen molar-refractivity contribution in [3.8, 4) is 0 Å². The van der Waals surface area contributed by atoms with Crippen LogP contribution < -0.4 is 15.5 Å². The van der Waals surface area contributed by atoms with E-state index in [9.17, 15) is 9.59 Å².